The van der Waals surface area contributed by atoms with Gasteiger partial charge in [0.05, 0.1) is 0 Å². The second kappa shape index (κ2) is 10.7. The highest BCUT2D eigenvalue weighted by atomic mass is 19.1. The van der Waals surface area contributed by atoms with E-state index in [4.69, 9.17) is 4.74 Å². The number of halogens is 1. The smallest absolute Gasteiger partial charge is 0.146 e. The Morgan fingerprint density at radius 1 is 1.20 bits per heavy atom. The quantitative estimate of drug-likeness (QED) is 0.426. The Hall–Kier alpha value is -2.92. The van der Waals surface area contributed by atoms with Crippen LogP contribution < -0.4 is 9.64 Å². The predicted molar refractivity (Wildman–Crippen MR) is 120 cm³/mol. The number of aryl methyl sites for hydroxylation is 1. The average molecular weight is 409 g/mol. The fourth-order valence-electron chi connectivity index (χ4n) is 3.74. The largest absolute Gasteiger partial charge is 0.490 e. The van der Waals surface area contributed by atoms with Crippen LogP contribution in [0.3, 0.4) is 0 Å². The lowest BCUT2D eigenvalue weighted by Crippen LogP contribution is -2.34. The number of hydrogen-bond donors (Lipinski definition) is 0. The van der Waals surface area contributed by atoms with Gasteiger partial charge in [-0.25, -0.2) is 4.39 Å². The van der Waals surface area contributed by atoms with Crippen molar-refractivity contribution in [1.82, 2.24) is 4.90 Å². The number of likely N-dealkylation sites (N-methyl/N-ethyl adjacent to an activating group) is 1. The molecular weight excluding hydrogens is 379 g/mol. The molecule has 0 aliphatic carbocycles. The molecule has 0 radical (unpaired) electrons. The number of hydrogen-bond acceptors (Lipinski definition) is 4. The number of nitrogens with zero attached hydrogens (tertiary/aromatic N) is 2. The number of ether oxygens (including phenoxy) is 1. The third-order valence-electron chi connectivity index (χ3n) is 5.25. The van der Waals surface area contributed by atoms with E-state index in [2.05, 4.69) is 28.5 Å². The van der Waals surface area contributed by atoms with Crippen molar-refractivity contribution in [1.29, 1.82) is 0 Å². The van der Waals surface area contributed by atoms with E-state index in [-0.39, 0.29) is 5.82 Å². The summed E-state index contributed by atoms with van der Waals surface area (Å²) in [5.41, 5.74) is 3.00. The minimum atomic E-state index is -0.424. The standard InChI is InChI=1S/C25H29FN2O2/c1-3-14-27(2)15-4-5-17-30-23-12-13-24-21(18-23)7-6-16-28(24)25(19-29)20-8-10-22(26)11-9-20/h3-5,8-13,18-19,25H,1,6-7,14-17H2,2H3. The van der Waals surface area contributed by atoms with Gasteiger partial charge in [-0.15, -0.1) is 6.58 Å². The van der Waals surface area contributed by atoms with Gasteiger partial charge >= 0.3 is 0 Å². The molecule has 4 nitrogen and oxygen atoms in total. The summed E-state index contributed by atoms with van der Waals surface area (Å²) in [5, 5.41) is 0. The fraction of sp³-hybridized carbons (Fsp3) is 0.320. The van der Waals surface area contributed by atoms with Gasteiger partial charge in [-0.2, -0.15) is 0 Å². The molecule has 158 valence electrons. The number of anilines is 1. The number of benzene rings is 2. The van der Waals surface area contributed by atoms with Gasteiger partial charge in [0.25, 0.3) is 0 Å². The third-order valence-corrected chi connectivity index (χ3v) is 5.25. The molecule has 0 bridgehead atoms. The van der Waals surface area contributed by atoms with Gasteiger partial charge in [-0.1, -0.05) is 30.4 Å². The first-order chi connectivity index (χ1) is 14.6. The van der Waals surface area contributed by atoms with E-state index in [9.17, 15) is 9.18 Å². The summed E-state index contributed by atoms with van der Waals surface area (Å²) in [4.78, 5) is 16.1. The van der Waals surface area contributed by atoms with E-state index in [0.717, 1.165) is 55.8 Å². The van der Waals surface area contributed by atoms with E-state index < -0.39 is 6.04 Å². The average Bonchev–Trinajstić information content (AvgIpc) is 2.75. The van der Waals surface area contributed by atoms with Crippen LogP contribution in [0.25, 0.3) is 0 Å². The molecule has 1 heterocycles. The Morgan fingerprint density at radius 2 is 2.00 bits per heavy atom. The van der Waals surface area contributed by atoms with Gasteiger partial charge in [-0.3, -0.25) is 4.90 Å². The van der Waals surface area contributed by atoms with Crippen molar-refractivity contribution in [2.45, 2.75) is 18.9 Å². The molecule has 0 N–H and O–H groups in total. The van der Waals surface area contributed by atoms with Gasteiger partial charge in [0.1, 0.15) is 30.5 Å². The SMILES string of the molecule is C=CCN(C)CC=CCOc1ccc2c(c1)CCCN2C(C=O)c1ccc(F)cc1. The number of fused-ring (bicyclic) bond motifs is 1. The van der Waals surface area contributed by atoms with Crippen molar-refractivity contribution in [3.63, 3.8) is 0 Å². The van der Waals surface area contributed by atoms with E-state index in [1.807, 2.05) is 31.3 Å². The summed E-state index contributed by atoms with van der Waals surface area (Å²) in [6.07, 6.45) is 8.81. The summed E-state index contributed by atoms with van der Waals surface area (Å²) in [7, 11) is 2.04. The van der Waals surface area contributed by atoms with Crippen LogP contribution in [0.4, 0.5) is 10.1 Å². The highest BCUT2D eigenvalue weighted by molar-refractivity contribution is 5.71. The molecule has 0 amide bonds. The van der Waals surface area contributed by atoms with Crippen LogP contribution in [-0.4, -0.2) is 44.5 Å². The molecule has 0 fully saturated rings. The summed E-state index contributed by atoms with van der Waals surface area (Å²) < 4.78 is 19.2. The van der Waals surface area contributed by atoms with Gasteiger partial charge in [0.15, 0.2) is 0 Å². The molecular formula is C25H29FN2O2. The number of carbonyl (C=O) groups excluding carboxylic acids is 1. The maximum atomic E-state index is 13.3. The number of carbonyl (C=O) groups is 1. The lowest BCUT2D eigenvalue weighted by molar-refractivity contribution is -0.109. The lowest BCUT2D eigenvalue weighted by atomic mass is 9.97. The number of aldehydes is 1. The van der Waals surface area contributed by atoms with E-state index in [0.29, 0.717) is 6.61 Å². The van der Waals surface area contributed by atoms with Crippen LogP contribution in [0.2, 0.25) is 0 Å². The minimum Gasteiger partial charge on any atom is -0.490 e. The zero-order valence-electron chi connectivity index (χ0n) is 17.5. The number of rotatable bonds is 10. The first-order valence-corrected chi connectivity index (χ1v) is 10.3. The van der Waals surface area contributed by atoms with Crippen LogP contribution in [0.15, 0.2) is 67.3 Å². The van der Waals surface area contributed by atoms with Crippen molar-refractivity contribution in [2.75, 3.05) is 38.2 Å². The fourth-order valence-corrected chi connectivity index (χ4v) is 3.74. The molecule has 3 rings (SSSR count). The summed E-state index contributed by atoms with van der Waals surface area (Å²) in [5.74, 6) is 0.523. The van der Waals surface area contributed by atoms with E-state index in [1.54, 1.807) is 12.1 Å². The molecule has 0 spiro atoms. The minimum absolute atomic E-state index is 0.300. The lowest BCUT2D eigenvalue weighted by Gasteiger charge is -2.35. The molecule has 2 aromatic carbocycles. The summed E-state index contributed by atoms with van der Waals surface area (Å²) in [6, 6.07) is 11.8. The zero-order chi connectivity index (χ0) is 21.3. The monoisotopic (exact) mass is 408 g/mol. The molecule has 0 saturated heterocycles. The first-order valence-electron chi connectivity index (χ1n) is 10.3. The van der Waals surface area contributed by atoms with Crippen molar-refractivity contribution >= 4 is 12.0 Å². The third kappa shape index (κ3) is 5.57. The summed E-state index contributed by atoms with van der Waals surface area (Å²) >= 11 is 0. The Morgan fingerprint density at radius 3 is 2.73 bits per heavy atom. The Labute approximate surface area is 178 Å². The normalized spacial score (nSPS) is 14.6. The molecule has 1 unspecified atom stereocenters. The molecule has 0 aromatic heterocycles. The molecule has 1 aliphatic heterocycles. The molecule has 5 heteroatoms. The van der Waals surface area contributed by atoms with E-state index >= 15 is 0 Å². The van der Waals surface area contributed by atoms with Gasteiger partial charge in [0.2, 0.25) is 0 Å². The van der Waals surface area contributed by atoms with E-state index in [1.165, 1.54) is 17.7 Å². The van der Waals surface area contributed by atoms with Gasteiger partial charge in [0, 0.05) is 25.3 Å². The Balaban J connectivity index is 1.66. The maximum absolute atomic E-state index is 13.3. The molecule has 2 aromatic rings. The Kier molecular flexibility index (Phi) is 7.80. The van der Waals surface area contributed by atoms with Crippen molar-refractivity contribution in [3.05, 3.63) is 84.2 Å². The predicted octanol–water partition coefficient (Wildman–Crippen LogP) is 4.57. The second-order valence-corrected chi connectivity index (χ2v) is 7.51. The topological polar surface area (TPSA) is 32.8 Å². The van der Waals surface area contributed by atoms with Gasteiger partial charge < -0.3 is 14.4 Å². The molecule has 0 saturated carbocycles. The summed E-state index contributed by atoms with van der Waals surface area (Å²) in [6.45, 7) is 6.74. The molecule has 1 aliphatic rings. The highest BCUT2D eigenvalue weighted by Crippen LogP contribution is 2.35. The maximum Gasteiger partial charge on any atom is 0.146 e. The second-order valence-electron chi connectivity index (χ2n) is 7.51. The van der Waals surface area contributed by atoms with Gasteiger partial charge in [-0.05, 0) is 61.3 Å². The van der Waals surface area contributed by atoms with Crippen LogP contribution in [0.5, 0.6) is 5.75 Å². The van der Waals surface area contributed by atoms with Crippen LogP contribution in [0.1, 0.15) is 23.6 Å². The van der Waals surface area contributed by atoms with Crippen LogP contribution in [0, 0.1) is 5.82 Å². The van der Waals surface area contributed by atoms with Crippen molar-refractivity contribution in [2.24, 2.45) is 0 Å². The highest BCUT2D eigenvalue weighted by Gasteiger charge is 2.25. The van der Waals surface area contributed by atoms with Crippen LogP contribution >= 0.6 is 0 Å². The van der Waals surface area contributed by atoms with Crippen molar-refractivity contribution < 1.29 is 13.9 Å². The zero-order valence-corrected chi connectivity index (χ0v) is 17.5. The van der Waals surface area contributed by atoms with Crippen LogP contribution in [-0.2, 0) is 11.2 Å². The first kappa shape index (κ1) is 21.8. The molecule has 1 atom stereocenters. The Bertz CT molecular complexity index is 879. The molecule has 30 heavy (non-hydrogen) atoms. The van der Waals surface area contributed by atoms with Crippen molar-refractivity contribution in [3.8, 4) is 5.75 Å².